The second-order valence-corrected chi connectivity index (χ2v) is 3.57. The smallest absolute Gasteiger partial charge is 0.223 e. The summed E-state index contributed by atoms with van der Waals surface area (Å²) in [5, 5.41) is 6.63. The molecule has 1 aromatic heterocycles. The van der Waals surface area contributed by atoms with Crippen LogP contribution in [0.3, 0.4) is 0 Å². The van der Waals surface area contributed by atoms with E-state index in [4.69, 9.17) is 4.52 Å². The predicted octanol–water partition coefficient (Wildman–Crippen LogP) is 1.95. The monoisotopic (exact) mass is 239 g/mol. The third kappa shape index (κ3) is 3.07. The van der Waals surface area contributed by atoms with Crippen LogP contribution in [0.2, 0.25) is 0 Å². The molecule has 1 heterocycles. The average Bonchev–Trinajstić information content (AvgIpc) is 2.68. The van der Waals surface area contributed by atoms with Crippen LogP contribution in [0.1, 0.15) is 17.3 Å². The van der Waals surface area contributed by atoms with Gasteiger partial charge in [0.15, 0.2) is 5.82 Å². The summed E-state index contributed by atoms with van der Waals surface area (Å²) in [6.45, 7) is 2.34. The summed E-state index contributed by atoms with van der Waals surface area (Å²) >= 11 is 0. The lowest BCUT2D eigenvalue weighted by atomic mass is 10.2. The number of hydrogen-bond donors (Lipinski definition) is 1. The van der Waals surface area contributed by atoms with E-state index in [2.05, 4.69) is 15.5 Å². The molecule has 0 amide bonds. The Morgan fingerprint density at radius 3 is 2.76 bits per heavy atom. The normalized spacial score (nSPS) is 10.8. The molecular weight excluding hydrogens is 228 g/mol. The highest BCUT2D eigenvalue weighted by Crippen LogP contribution is 2.09. The minimum Gasteiger partial charge on any atom is -0.340 e. The molecule has 4 nitrogen and oxygen atoms in total. The summed E-state index contributed by atoms with van der Waals surface area (Å²) in [6.07, 6.45) is 0. The molecule has 2 rings (SSSR count). The molecule has 0 radical (unpaired) electrons. The summed E-state index contributed by atoms with van der Waals surface area (Å²) < 4.78 is 30.7. The van der Waals surface area contributed by atoms with Crippen LogP contribution < -0.4 is 5.32 Å². The molecule has 17 heavy (non-hydrogen) atoms. The maximum absolute atomic E-state index is 13.3. The Morgan fingerprint density at radius 1 is 1.29 bits per heavy atom. The third-order valence-corrected chi connectivity index (χ3v) is 2.18. The Morgan fingerprint density at radius 2 is 2.12 bits per heavy atom. The fraction of sp³-hybridized carbons (Fsp3) is 0.273. The number of hydrogen-bond acceptors (Lipinski definition) is 4. The highest BCUT2D eigenvalue weighted by Gasteiger charge is 2.05. The Bertz CT molecular complexity index is 513. The van der Waals surface area contributed by atoms with Crippen molar-refractivity contribution in [3.8, 4) is 0 Å². The predicted molar refractivity (Wildman–Crippen MR) is 55.9 cm³/mol. The molecule has 6 heteroatoms. The van der Waals surface area contributed by atoms with Crippen molar-refractivity contribution < 1.29 is 13.3 Å². The molecule has 0 saturated heterocycles. The fourth-order valence-corrected chi connectivity index (χ4v) is 1.39. The molecule has 1 aromatic carbocycles. The van der Waals surface area contributed by atoms with Crippen molar-refractivity contribution in [2.24, 2.45) is 0 Å². The van der Waals surface area contributed by atoms with Gasteiger partial charge in [0.2, 0.25) is 5.89 Å². The molecule has 0 aliphatic carbocycles. The van der Waals surface area contributed by atoms with Crippen LogP contribution in [-0.2, 0) is 13.1 Å². The van der Waals surface area contributed by atoms with E-state index < -0.39 is 11.6 Å². The molecule has 0 spiro atoms. The van der Waals surface area contributed by atoms with Gasteiger partial charge >= 0.3 is 0 Å². The summed E-state index contributed by atoms with van der Waals surface area (Å²) in [5.74, 6) is -0.165. The van der Waals surface area contributed by atoms with E-state index >= 15 is 0 Å². The van der Waals surface area contributed by atoms with E-state index in [9.17, 15) is 8.78 Å². The van der Waals surface area contributed by atoms with Gasteiger partial charge in [0.1, 0.15) is 11.6 Å². The van der Waals surface area contributed by atoms with Crippen LogP contribution in [0.25, 0.3) is 0 Å². The van der Waals surface area contributed by atoms with Crippen molar-refractivity contribution in [3.05, 3.63) is 47.1 Å². The van der Waals surface area contributed by atoms with Gasteiger partial charge in [-0.05, 0) is 6.07 Å². The molecule has 1 N–H and O–H groups in total. The lowest BCUT2D eigenvalue weighted by Crippen LogP contribution is -2.14. The summed E-state index contributed by atoms with van der Waals surface area (Å²) in [4.78, 5) is 3.98. The maximum atomic E-state index is 13.3. The number of halogens is 2. The van der Waals surface area contributed by atoms with Gasteiger partial charge in [0.25, 0.3) is 0 Å². The Labute approximate surface area is 96.6 Å². The number of rotatable bonds is 4. The number of nitrogens with one attached hydrogen (secondary N) is 1. The highest BCUT2D eigenvalue weighted by molar-refractivity contribution is 5.18. The standard InChI is InChI=1S/C11H11F2N3O/c1-7-15-11(16-17-7)6-14-5-8-2-3-9(12)4-10(8)13/h2-4,14H,5-6H2,1H3. The van der Waals surface area contributed by atoms with Crippen LogP contribution in [0, 0.1) is 18.6 Å². The molecule has 0 unspecified atom stereocenters. The van der Waals surface area contributed by atoms with Gasteiger partial charge < -0.3 is 9.84 Å². The zero-order valence-electron chi connectivity index (χ0n) is 9.20. The van der Waals surface area contributed by atoms with Crippen molar-refractivity contribution in [1.29, 1.82) is 0 Å². The molecule has 2 aromatic rings. The van der Waals surface area contributed by atoms with E-state index in [0.717, 1.165) is 6.07 Å². The summed E-state index contributed by atoms with van der Waals surface area (Å²) in [6, 6.07) is 3.48. The Kier molecular flexibility index (Phi) is 3.43. The second kappa shape index (κ2) is 5.01. The Hall–Kier alpha value is -1.82. The van der Waals surface area contributed by atoms with Crippen molar-refractivity contribution in [2.75, 3.05) is 0 Å². The third-order valence-electron chi connectivity index (χ3n) is 2.18. The van der Waals surface area contributed by atoms with E-state index in [1.165, 1.54) is 12.1 Å². The first-order valence-corrected chi connectivity index (χ1v) is 5.09. The van der Waals surface area contributed by atoms with Crippen LogP contribution in [0.4, 0.5) is 8.78 Å². The van der Waals surface area contributed by atoms with Gasteiger partial charge in [-0.2, -0.15) is 4.98 Å². The van der Waals surface area contributed by atoms with E-state index in [1.54, 1.807) is 6.92 Å². The lowest BCUT2D eigenvalue weighted by molar-refractivity contribution is 0.385. The molecule has 0 atom stereocenters. The lowest BCUT2D eigenvalue weighted by Gasteiger charge is -2.03. The first-order valence-electron chi connectivity index (χ1n) is 5.09. The number of benzene rings is 1. The van der Waals surface area contributed by atoms with Crippen molar-refractivity contribution in [1.82, 2.24) is 15.5 Å². The van der Waals surface area contributed by atoms with E-state index in [1.807, 2.05) is 0 Å². The van der Waals surface area contributed by atoms with Crippen LogP contribution in [0.5, 0.6) is 0 Å². The average molecular weight is 239 g/mol. The first kappa shape index (κ1) is 11.7. The molecule has 0 saturated carbocycles. The van der Waals surface area contributed by atoms with Crippen molar-refractivity contribution in [2.45, 2.75) is 20.0 Å². The van der Waals surface area contributed by atoms with Gasteiger partial charge in [0.05, 0.1) is 6.54 Å². The molecular formula is C11H11F2N3O. The number of aryl methyl sites for hydroxylation is 1. The number of nitrogens with zero attached hydrogens (tertiary/aromatic N) is 2. The molecule has 0 bridgehead atoms. The largest absolute Gasteiger partial charge is 0.340 e. The van der Waals surface area contributed by atoms with Crippen molar-refractivity contribution >= 4 is 0 Å². The topological polar surface area (TPSA) is 51.0 Å². The van der Waals surface area contributed by atoms with E-state index in [0.29, 0.717) is 23.8 Å². The highest BCUT2D eigenvalue weighted by atomic mass is 19.1. The maximum Gasteiger partial charge on any atom is 0.223 e. The fourth-order valence-electron chi connectivity index (χ4n) is 1.39. The minimum atomic E-state index is -0.583. The zero-order chi connectivity index (χ0) is 12.3. The SMILES string of the molecule is Cc1nc(CNCc2ccc(F)cc2F)no1. The second-order valence-electron chi connectivity index (χ2n) is 3.57. The van der Waals surface area contributed by atoms with Crippen LogP contribution in [0.15, 0.2) is 22.7 Å². The minimum absolute atomic E-state index is 0.277. The first-order chi connectivity index (χ1) is 8.15. The summed E-state index contributed by atoms with van der Waals surface area (Å²) in [7, 11) is 0. The van der Waals surface area contributed by atoms with Gasteiger partial charge in [-0.1, -0.05) is 11.2 Å². The number of aromatic nitrogens is 2. The Balaban J connectivity index is 1.90. The van der Waals surface area contributed by atoms with Crippen molar-refractivity contribution in [3.63, 3.8) is 0 Å². The quantitative estimate of drug-likeness (QED) is 0.885. The van der Waals surface area contributed by atoms with Gasteiger partial charge in [-0.25, -0.2) is 8.78 Å². The zero-order valence-corrected chi connectivity index (χ0v) is 9.20. The molecule has 0 fully saturated rings. The van der Waals surface area contributed by atoms with Crippen LogP contribution >= 0.6 is 0 Å². The van der Waals surface area contributed by atoms with Crippen LogP contribution in [-0.4, -0.2) is 10.1 Å². The van der Waals surface area contributed by atoms with Gasteiger partial charge in [-0.15, -0.1) is 0 Å². The molecule has 90 valence electrons. The molecule has 0 aliphatic heterocycles. The molecule has 0 aliphatic rings. The summed E-state index contributed by atoms with van der Waals surface area (Å²) in [5.41, 5.74) is 0.395. The van der Waals surface area contributed by atoms with Gasteiger partial charge in [-0.3, -0.25) is 0 Å². The van der Waals surface area contributed by atoms with Gasteiger partial charge in [0, 0.05) is 25.1 Å². The van der Waals surface area contributed by atoms with E-state index in [-0.39, 0.29) is 6.54 Å².